The minimum absolute atomic E-state index is 0.184. The quantitative estimate of drug-likeness (QED) is 0.767. The Morgan fingerprint density at radius 3 is 2.94 bits per heavy atom. The average molecular weight is 226 g/mol. The van der Waals surface area contributed by atoms with Gasteiger partial charge in [0, 0.05) is 19.7 Å². The summed E-state index contributed by atoms with van der Waals surface area (Å²) in [4.78, 5) is 14.1. The highest BCUT2D eigenvalue weighted by Crippen LogP contribution is 2.25. The van der Waals surface area contributed by atoms with Crippen LogP contribution >= 0.6 is 0 Å². The molecule has 16 heavy (non-hydrogen) atoms. The number of hydrogen-bond acceptors (Lipinski definition) is 3. The molecular formula is C12H22N2O2. The Bertz CT molecular complexity index is 257. The van der Waals surface area contributed by atoms with Crippen molar-refractivity contribution in [2.24, 2.45) is 17.6 Å². The van der Waals surface area contributed by atoms with Crippen molar-refractivity contribution >= 4 is 5.91 Å². The fraction of sp³-hybridized carbons (Fsp3) is 0.917. The maximum atomic E-state index is 12.2. The maximum Gasteiger partial charge on any atom is 0.251 e. The number of amides is 1. The number of nitrogens with zero attached hydrogens (tertiary/aromatic N) is 1. The van der Waals surface area contributed by atoms with E-state index in [1.165, 1.54) is 0 Å². The third-order valence-electron chi connectivity index (χ3n) is 3.80. The van der Waals surface area contributed by atoms with Crippen molar-refractivity contribution in [2.45, 2.75) is 32.3 Å². The molecule has 2 aliphatic heterocycles. The number of ether oxygens (including phenoxy) is 1. The molecule has 1 amide bonds. The summed E-state index contributed by atoms with van der Waals surface area (Å²) >= 11 is 0. The molecule has 4 nitrogen and oxygen atoms in total. The molecule has 2 rings (SSSR count). The molecule has 2 aliphatic rings. The van der Waals surface area contributed by atoms with E-state index in [2.05, 4.69) is 6.92 Å². The van der Waals surface area contributed by atoms with Gasteiger partial charge in [-0.25, -0.2) is 0 Å². The molecule has 0 aliphatic carbocycles. The smallest absolute Gasteiger partial charge is 0.251 e. The maximum absolute atomic E-state index is 12.2. The second kappa shape index (κ2) is 5.15. The van der Waals surface area contributed by atoms with E-state index in [0.29, 0.717) is 11.8 Å². The topological polar surface area (TPSA) is 55.6 Å². The monoisotopic (exact) mass is 226 g/mol. The fourth-order valence-electron chi connectivity index (χ4n) is 2.70. The first-order valence-electron chi connectivity index (χ1n) is 6.33. The zero-order valence-corrected chi connectivity index (χ0v) is 10.0. The molecule has 0 spiro atoms. The van der Waals surface area contributed by atoms with E-state index < -0.39 is 0 Å². The third kappa shape index (κ3) is 2.38. The predicted molar refractivity (Wildman–Crippen MR) is 61.9 cm³/mol. The molecular weight excluding hydrogens is 204 g/mol. The first-order chi connectivity index (χ1) is 7.72. The van der Waals surface area contributed by atoms with E-state index in [9.17, 15) is 4.79 Å². The van der Waals surface area contributed by atoms with Gasteiger partial charge in [0.1, 0.15) is 6.10 Å². The van der Waals surface area contributed by atoms with Crippen LogP contribution in [0.5, 0.6) is 0 Å². The minimum Gasteiger partial charge on any atom is -0.368 e. The molecule has 2 N–H and O–H groups in total. The van der Waals surface area contributed by atoms with Crippen molar-refractivity contribution in [1.82, 2.24) is 4.90 Å². The van der Waals surface area contributed by atoms with Crippen molar-refractivity contribution in [3.8, 4) is 0 Å². The standard InChI is InChI=1S/C12H22N2O2/c1-9-4-7-16-11(9)12(15)14-6-3-10(8-14)2-5-13/h9-11H,2-8,13H2,1H3. The normalized spacial score (nSPS) is 34.6. The zero-order valence-electron chi connectivity index (χ0n) is 10.0. The van der Waals surface area contributed by atoms with Crippen molar-refractivity contribution in [1.29, 1.82) is 0 Å². The van der Waals surface area contributed by atoms with E-state index in [1.807, 2.05) is 4.90 Å². The van der Waals surface area contributed by atoms with Crippen molar-refractivity contribution in [2.75, 3.05) is 26.2 Å². The van der Waals surface area contributed by atoms with Crippen LogP contribution in [-0.2, 0) is 9.53 Å². The second-order valence-corrected chi connectivity index (χ2v) is 5.07. The first-order valence-corrected chi connectivity index (χ1v) is 6.33. The van der Waals surface area contributed by atoms with E-state index in [0.717, 1.165) is 45.5 Å². The lowest BCUT2D eigenvalue weighted by Crippen LogP contribution is -2.39. The van der Waals surface area contributed by atoms with Gasteiger partial charge in [-0.3, -0.25) is 4.79 Å². The third-order valence-corrected chi connectivity index (χ3v) is 3.80. The van der Waals surface area contributed by atoms with Gasteiger partial charge in [-0.05, 0) is 37.6 Å². The van der Waals surface area contributed by atoms with Crippen LogP contribution in [0.3, 0.4) is 0 Å². The van der Waals surface area contributed by atoms with Gasteiger partial charge in [-0.15, -0.1) is 0 Å². The molecule has 2 fully saturated rings. The van der Waals surface area contributed by atoms with Gasteiger partial charge in [0.25, 0.3) is 5.91 Å². The molecule has 0 saturated carbocycles. The van der Waals surface area contributed by atoms with Gasteiger partial charge in [-0.2, -0.15) is 0 Å². The zero-order chi connectivity index (χ0) is 11.5. The van der Waals surface area contributed by atoms with Crippen LogP contribution in [0.15, 0.2) is 0 Å². The van der Waals surface area contributed by atoms with Crippen LogP contribution in [-0.4, -0.2) is 43.2 Å². The van der Waals surface area contributed by atoms with Gasteiger partial charge >= 0.3 is 0 Å². The molecule has 92 valence electrons. The van der Waals surface area contributed by atoms with Crippen LogP contribution in [0, 0.1) is 11.8 Å². The Morgan fingerprint density at radius 2 is 2.31 bits per heavy atom. The highest BCUT2D eigenvalue weighted by molar-refractivity contribution is 5.81. The van der Waals surface area contributed by atoms with E-state index in [1.54, 1.807) is 0 Å². The Labute approximate surface area is 97.1 Å². The first kappa shape index (κ1) is 11.9. The lowest BCUT2D eigenvalue weighted by Gasteiger charge is -2.22. The summed E-state index contributed by atoms with van der Waals surface area (Å²) in [6.07, 6.45) is 2.96. The Kier molecular flexibility index (Phi) is 3.82. The highest BCUT2D eigenvalue weighted by Gasteiger charge is 2.36. The summed E-state index contributed by atoms with van der Waals surface area (Å²) in [5.74, 6) is 1.18. The van der Waals surface area contributed by atoms with Crippen LogP contribution in [0.25, 0.3) is 0 Å². The molecule has 0 bridgehead atoms. The molecule has 2 saturated heterocycles. The number of likely N-dealkylation sites (tertiary alicyclic amines) is 1. The van der Waals surface area contributed by atoms with Gasteiger partial charge in [-0.1, -0.05) is 6.92 Å². The summed E-state index contributed by atoms with van der Waals surface area (Å²) < 4.78 is 5.52. The van der Waals surface area contributed by atoms with Gasteiger partial charge in [0.05, 0.1) is 0 Å². The average Bonchev–Trinajstić information content (AvgIpc) is 2.87. The summed E-state index contributed by atoms with van der Waals surface area (Å²) in [5, 5.41) is 0. The lowest BCUT2D eigenvalue weighted by molar-refractivity contribution is -0.141. The molecule has 0 aromatic rings. The van der Waals surface area contributed by atoms with Crippen molar-refractivity contribution in [3.63, 3.8) is 0 Å². The number of nitrogens with two attached hydrogens (primary N) is 1. The van der Waals surface area contributed by atoms with Crippen LogP contribution < -0.4 is 5.73 Å². The minimum atomic E-state index is -0.184. The Hall–Kier alpha value is -0.610. The fourth-order valence-corrected chi connectivity index (χ4v) is 2.70. The number of hydrogen-bond donors (Lipinski definition) is 1. The Morgan fingerprint density at radius 1 is 1.50 bits per heavy atom. The molecule has 4 heteroatoms. The lowest BCUT2D eigenvalue weighted by atomic mass is 10.0. The van der Waals surface area contributed by atoms with Gasteiger partial charge in [0.2, 0.25) is 0 Å². The number of rotatable bonds is 3. The van der Waals surface area contributed by atoms with Crippen LogP contribution in [0.2, 0.25) is 0 Å². The van der Waals surface area contributed by atoms with E-state index in [4.69, 9.17) is 10.5 Å². The van der Waals surface area contributed by atoms with Crippen LogP contribution in [0.4, 0.5) is 0 Å². The second-order valence-electron chi connectivity index (χ2n) is 5.07. The Balaban J connectivity index is 1.86. The summed E-state index contributed by atoms with van der Waals surface area (Å²) in [6.45, 7) is 5.32. The predicted octanol–water partition coefficient (Wildman–Crippen LogP) is 0.609. The van der Waals surface area contributed by atoms with Crippen molar-refractivity contribution < 1.29 is 9.53 Å². The van der Waals surface area contributed by atoms with Gasteiger partial charge in [0.15, 0.2) is 0 Å². The number of carbonyl (C=O) groups excluding carboxylic acids is 1. The van der Waals surface area contributed by atoms with Crippen LogP contribution in [0.1, 0.15) is 26.2 Å². The SMILES string of the molecule is CC1CCOC1C(=O)N1CCC(CCN)C1. The molecule has 3 unspecified atom stereocenters. The van der Waals surface area contributed by atoms with Crippen molar-refractivity contribution in [3.05, 3.63) is 0 Å². The van der Waals surface area contributed by atoms with E-state index in [-0.39, 0.29) is 12.0 Å². The summed E-state index contributed by atoms with van der Waals surface area (Å²) in [6, 6.07) is 0. The molecule has 0 aromatic carbocycles. The van der Waals surface area contributed by atoms with Gasteiger partial charge < -0.3 is 15.4 Å². The molecule has 0 radical (unpaired) electrons. The molecule has 0 aromatic heterocycles. The molecule has 2 heterocycles. The summed E-state index contributed by atoms with van der Waals surface area (Å²) in [7, 11) is 0. The molecule has 3 atom stereocenters. The highest BCUT2D eigenvalue weighted by atomic mass is 16.5. The largest absolute Gasteiger partial charge is 0.368 e. The number of carbonyl (C=O) groups is 1. The van der Waals surface area contributed by atoms with E-state index >= 15 is 0 Å². The summed E-state index contributed by atoms with van der Waals surface area (Å²) in [5.41, 5.74) is 5.55.